The summed E-state index contributed by atoms with van der Waals surface area (Å²) in [5.74, 6) is -1.36. The highest BCUT2D eigenvalue weighted by molar-refractivity contribution is 14.1. The van der Waals surface area contributed by atoms with Crippen molar-refractivity contribution in [1.82, 2.24) is 4.98 Å². The molecule has 1 aromatic rings. The lowest BCUT2D eigenvalue weighted by atomic mass is 10.1. The zero-order chi connectivity index (χ0) is 13.9. The predicted molar refractivity (Wildman–Crippen MR) is 64.3 cm³/mol. The van der Waals surface area contributed by atoms with Gasteiger partial charge in [-0.1, -0.05) is 0 Å². The first-order chi connectivity index (χ1) is 8.36. The number of carbonyl (C=O) groups excluding carboxylic acids is 1. The van der Waals surface area contributed by atoms with Gasteiger partial charge >= 0.3 is 18.2 Å². The molecule has 0 bridgehead atoms. The topological polar surface area (TPSA) is 82.3 Å². The molecule has 0 saturated heterocycles. The average Bonchev–Trinajstić information content (AvgIpc) is 2.30. The smallest absolute Gasteiger partial charge is 0.377 e. The van der Waals surface area contributed by atoms with E-state index in [0.29, 0.717) is 0 Å². The van der Waals surface area contributed by atoms with Gasteiger partial charge in [0, 0.05) is 0 Å². The molecule has 0 aliphatic rings. The highest BCUT2D eigenvalue weighted by Gasteiger charge is 2.26. The lowest BCUT2D eigenvalue weighted by Gasteiger charge is -2.05. The molecule has 0 aliphatic carbocycles. The number of hydrogen-bond donors (Lipinski definition) is 0. The van der Waals surface area contributed by atoms with E-state index in [1.54, 1.807) is 22.6 Å². The molecule has 0 amide bonds. The van der Waals surface area contributed by atoms with Crippen molar-refractivity contribution in [2.24, 2.45) is 0 Å². The molecule has 0 saturated carbocycles. The van der Waals surface area contributed by atoms with Crippen LogP contribution < -0.4 is 0 Å². The molecule has 0 fully saturated rings. The maximum atomic E-state index is 12.5. The normalized spacial score (nSPS) is 10.5. The largest absolute Gasteiger partial charge is 0.469 e. The Morgan fingerprint density at radius 3 is 2.72 bits per heavy atom. The summed E-state index contributed by atoms with van der Waals surface area (Å²) in [6.07, 6.45) is -3.27. The number of rotatable bonds is 4. The van der Waals surface area contributed by atoms with Crippen LogP contribution in [0, 0.1) is 13.7 Å². The van der Waals surface area contributed by atoms with Crippen LogP contribution in [0.2, 0.25) is 0 Å². The third-order valence-electron chi connectivity index (χ3n) is 1.99. The summed E-state index contributed by atoms with van der Waals surface area (Å²) >= 11 is 1.59. The van der Waals surface area contributed by atoms with Crippen LogP contribution in [-0.2, 0) is 16.0 Å². The number of pyridine rings is 1. The van der Waals surface area contributed by atoms with Gasteiger partial charge in [-0.15, -0.1) is 0 Å². The van der Waals surface area contributed by atoms with E-state index >= 15 is 0 Å². The summed E-state index contributed by atoms with van der Waals surface area (Å²) < 4.78 is 29.5. The Kier molecular flexibility index (Phi) is 4.87. The maximum Gasteiger partial charge on any atom is 0.377 e. The van der Waals surface area contributed by atoms with Crippen LogP contribution in [0.15, 0.2) is 6.07 Å². The summed E-state index contributed by atoms with van der Waals surface area (Å²) in [7, 11) is 1.14. The molecule has 6 nitrogen and oxygen atoms in total. The Morgan fingerprint density at radius 1 is 1.67 bits per heavy atom. The molecule has 1 rings (SSSR count). The maximum absolute atomic E-state index is 12.5. The molecule has 1 aromatic heterocycles. The third kappa shape index (κ3) is 3.31. The average molecular weight is 372 g/mol. The second kappa shape index (κ2) is 5.98. The molecule has 1 heterocycles. The van der Waals surface area contributed by atoms with Crippen molar-refractivity contribution in [2.45, 2.75) is 12.8 Å². The number of alkyl halides is 2. The van der Waals surface area contributed by atoms with Crippen LogP contribution in [0.3, 0.4) is 0 Å². The molecule has 0 unspecified atom stereocenters. The SMILES string of the molecule is COC(=O)Cc1cc(C(F)F)nc([N+](=O)[O-])c1I. The number of halogens is 3. The van der Waals surface area contributed by atoms with Crippen molar-refractivity contribution in [3.05, 3.63) is 31.0 Å². The van der Waals surface area contributed by atoms with Crippen LogP contribution in [0.5, 0.6) is 0 Å². The van der Waals surface area contributed by atoms with Crippen molar-refractivity contribution < 1.29 is 23.2 Å². The van der Waals surface area contributed by atoms with Crippen LogP contribution in [-0.4, -0.2) is 23.0 Å². The molecule has 0 radical (unpaired) electrons. The van der Waals surface area contributed by atoms with Gasteiger partial charge in [-0.05, 0) is 44.1 Å². The molecule has 0 spiro atoms. The predicted octanol–water partition coefficient (Wildman–Crippen LogP) is 2.25. The zero-order valence-corrected chi connectivity index (χ0v) is 11.2. The summed E-state index contributed by atoms with van der Waals surface area (Å²) in [4.78, 5) is 24.2. The van der Waals surface area contributed by atoms with E-state index in [1.165, 1.54) is 0 Å². The van der Waals surface area contributed by atoms with Gasteiger partial charge in [0.2, 0.25) is 5.69 Å². The lowest BCUT2D eigenvalue weighted by molar-refractivity contribution is -0.390. The standard InChI is InChI=1S/C9H7F2IN2O4/c1-18-6(15)3-4-2-5(8(10)11)13-9(7(4)12)14(16)17/h2,8H,3H2,1H3. The fourth-order valence-corrected chi connectivity index (χ4v) is 1.84. The molecule has 98 valence electrons. The van der Waals surface area contributed by atoms with E-state index < -0.39 is 28.8 Å². The van der Waals surface area contributed by atoms with Crippen molar-refractivity contribution in [1.29, 1.82) is 0 Å². The number of nitro groups is 1. The van der Waals surface area contributed by atoms with E-state index in [2.05, 4.69) is 9.72 Å². The van der Waals surface area contributed by atoms with Gasteiger partial charge in [0.25, 0.3) is 0 Å². The molecule has 0 N–H and O–H groups in total. The second-order valence-corrected chi connectivity index (χ2v) is 4.23. The number of nitrogens with zero attached hydrogens (tertiary/aromatic N) is 2. The number of carbonyl (C=O) groups is 1. The van der Waals surface area contributed by atoms with Gasteiger partial charge in [-0.3, -0.25) is 4.79 Å². The van der Waals surface area contributed by atoms with Crippen molar-refractivity contribution >= 4 is 34.4 Å². The van der Waals surface area contributed by atoms with Gasteiger partial charge in [-0.2, -0.15) is 0 Å². The summed E-state index contributed by atoms with van der Waals surface area (Å²) in [6.45, 7) is 0. The molecular formula is C9H7F2IN2O4. The van der Waals surface area contributed by atoms with E-state index in [4.69, 9.17) is 0 Å². The van der Waals surface area contributed by atoms with E-state index in [1.807, 2.05) is 0 Å². The minimum atomic E-state index is -2.95. The van der Waals surface area contributed by atoms with Gasteiger partial charge in [-0.25, -0.2) is 8.78 Å². The minimum Gasteiger partial charge on any atom is -0.469 e. The molecular weight excluding hydrogens is 365 g/mol. The number of ether oxygens (including phenoxy) is 1. The van der Waals surface area contributed by atoms with Gasteiger partial charge in [0.1, 0.15) is 3.57 Å². The Labute approximate surface area is 114 Å². The Balaban J connectivity index is 3.31. The van der Waals surface area contributed by atoms with Crippen LogP contribution in [0.4, 0.5) is 14.6 Å². The second-order valence-electron chi connectivity index (χ2n) is 3.15. The van der Waals surface area contributed by atoms with Crippen LogP contribution in [0.1, 0.15) is 17.7 Å². The minimum absolute atomic E-state index is 0.0485. The van der Waals surface area contributed by atoms with E-state index in [-0.39, 0.29) is 15.6 Å². The fourth-order valence-electron chi connectivity index (χ4n) is 1.18. The first-order valence-electron chi connectivity index (χ1n) is 4.55. The first-order valence-corrected chi connectivity index (χ1v) is 5.63. The molecule has 0 aromatic carbocycles. The third-order valence-corrected chi connectivity index (χ3v) is 3.17. The summed E-state index contributed by atoms with van der Waals surface area (Å²) in [6, 6.07) is 0.969. The van der Waals surface area contributed by atoms with Crippen LogP contribution in [0.25, 0.3) is 0 Å². The molecule has 9 heteroatoms. The zero-order valence-electron chi connectivity index (χ0n) is 9.02. The summed E-state index contributed by atoms with van der Waals surface area (Å²) in [5.41, 5.74) is -0.638. The first kappa shape index (κ1) is 14.7. The Bertz CT molecular complexity index is 496. The Hall–Kier alpha value is -1.39. The molecule has 0 atom stereocenters. The van der Waals surface area contributed by atoms with E-state index in [0.717, 1.165) is 13.2 Å². The quantitative estimate of drug-likeness (QED) is 0.351. The number of hydrogen-bond acceptors (Lipinski definition) is 5. The van der Waals surface area contributed by atoms with Crippen molar-refractivity contribution in [3.63, 3.8) is 0 Å². The Morgan fingerprint density at radius 2 is 2.28 bits per heavy atom. The number of esters is 1. The highest BCUT2D eigenvalue weighted by Crippen LogP contribution is 2.28. The number of methoxy groups -OCH3 is 1. The summed E-state index contributed by atoms with van der Waals surface area (Å²) in [5, 5.41) is 10.7. The van der Waals surface area contributed by atoms with Gasteiger partial charge < -0.3 is 14.9 Å². The lowest BCUT2D eigenvalue weighted by Crippen LogP contribution is -2.09. The van der Waals surface area contributed by atoms with Crippen molar-refractivity contribution in [2.75, 3.05) is 7.11 Å². The number of aromatic nitrogens is 1. The van der Waals surface area contributed by atoms with Crippen LogP contribution >= 0.6 is 22.6 Å². The highest BCUT2D eigenvalue weighted by atomic mass is 127. The monoisotopic (exact) mass is 372 g/mol. The van der Waals surface area contributed by atoms with Crippen molar-refractivity contribution in [3.8, 4) is 0 Å². The van der Waals surface area contributed by atoms with Gasteiger partial charge in [0.15, 0.2) is 0 Å². The molecule has 18 heavy (non-hydrogen) atoms. The van der Waals surface area contributed by atoms with E-state index in [9.17, 15) is 23.7 Å². The molecule has 0 aliphatic heterocycles. The fraction of sp³-hybridized carbons (Fsp3) is 0.333. The van der Waals surface area contributed by atoms with Gasteiger partial charge in [0.05, 0.1) is 13.5 Å².